The molecule has 6 heteroatoms. The molecule has 2 unspecified atom stereocenters. The molecule has 25 heavy (non-hydrogen) atoms. The first-order valence-electron chi connectivity index (χ1n) is 9.73. The summed E-state index contributed by atoms with van der Waals surface area (Å²) in [4.78, 5) is 22.1. The molecule has 1 aliphatic heterocycles. The van der Waals surface area contributed by atoms with Gasteiger partial charge in [0.05, 0.1) is 6.10 Å². The highest BCUT2D eigenvalue weighted by atomic mass is 28.4. The second kappa shape index (κ2) is 8.50. The van der Waals surface area contributed by atoms with Crippen molar-refractivity contribution in [2.45, 2.75) is 102 Å². The van der Waals surface area contributed by atoms with E-state index in [1.807, 2.05) is 13.1 Å². The van der Waals surface area contributed by atoms with E-state index in [9.17, 15) is 9.59 Å². The third-order valence-corrected chi connectivity index (χ3v) is 9.50. The highest BCUT2D eigenvalue weighted by Gasteiger charge is 2.42. The summed E-state index contributed by atoms with van der Waals surface area (Å²) in [5.41, 5.74) is 0. The summed E-state index contributed by atoms with van der Waals surface area (Å²) in [6.45, 7) is 10.6. The predicted molar refractivity (Wildman–Crippen MR) is 99.7 cm³/mol. The fourth-order valence-electron chi connectivity index (χ4n) is 3.94. The summed E-state index contributed by atoms with van der Waals surface area (Å²) in [7, 11) is -2.26. The molecule has 5 nitrogen and oxygen atoms in total. The first-order valence-corrected chi connectivity index (χ1v) is 12.7. The molecule has 0 aromatic carbocycles. The van der Waals surface area contributed by atoms with Gasteiger partial charge in [-0.2, -0.15) is 0 Å². The van der Waals surface area contributed by atoms with Crippen molar-refractivity contribution in [1.29, 1.82) is 0 Å². The highest BCUT2D eigenvalue weighted by Crippen LogP contribution is 2.45. The summed E-state index contributed by atoms with van der Waals surface area (Å²) in [5, 5.41) is -0.0817. The van der Waals surface area contributed by atoms with Gasteiger partial charge >= 0.3 is 5.97 Å². The van der Waals surface area contributed by atoms with Gasteiger partial charge in [-0.3, -0.25) is 4.79 Å². The fourth-order valence-corrected chi connectivity index (χ4v) is 4.73. The van der Waals surface area contributed by atoms with E-state index in [1.54, 1.807) is 0 Å². The Morgan fingerprint density at radius 1 is 1.20 bits per heavy atom. The Hall–Kier alpha value is -0.433. The minimum Gasteiger partial charge on any atom is -0.462 e. The average molecular weight is 373 g/mol. The van der Waals surface area contributed by atoms with E-state index < -0.39 is 8.32 Å². The minimum absolute atomic E-state index is 0.0606. The molecule has 1 saturated heterocycles. The monoisotopic (exact) mass is 372 g/mol. The van der Waals surface area contributed by atoms with Crippen LogP contribution in [0.1, 0.15) is 65.7 Å². The Bertz CT molecular complexity index is 440. The van der Waals surface area contributed by atoms with Crippen LogP contribution in [-0.2, 0) is 19.0 Å². The average Bonchev–Trinajstić information content (AvgIpc) is 2.45. The third-order valence-electron chi connectivity index (χ3n) is 5.99. The molecule has 1 saturated carbocycles. The maximum absolute atomic E-state index is 11.4. The molecule has 0 bridgehead atoms. The van der Waals surface area contributed by atoms with Gasteiger partial charge < -0.3 is 19.0 Å². The van der Waals surface area contributed by atoms with Crippen LogP contribution in [0.3, 0.4) is 0 Å². The molecule has 146 valence electrons. The molecular weight excluding hydrogens is 336 g/mol. The van der Waals surface area contributed by atoms with Crippen LogP contribution in [0.2, 0.25) is 18.1 Å². The van der Waals surface area contributed by atoms with Crippen molar-refractivity contribution in [3.05, 3.63) is 0 Å². The normalized spacial score (nSPS) is 31.6. The lowest BCUT2D eigenvalue weighted by Gasteiger charge is -2.42. The van der Waals surface area contributed by atoms with Crippen molar-refractivity contribution in [3.8, 4) is 0 Å². The summed E-state index contributed by atoms with van der Waals surface area (Å²) in [5.74, 6) is 0.162. The molecule has 0 aromatic rings. The minimum atomic E-state index is -2.26. The molecule has 2 aliphatic rings. The maximum Gasteiger partial charge on any atom is 0.302 e. The van der Waals surface area contributed by atoms with Gasteiger partial charge in [-0.1, -0.05) is 13.8 Å². The quantitative estimate of drug-likeness (QED) is 0.564. The van der Waals surface area contributed by atoms with E-state index >= 15 is 0 Å². The second-order valence-corrected chi connectivity index (χ2v) is 13.5. The van der Waals surface area contributed by atoms with Crippen LogP contribution in [0.25, 0.3) is 0 Å². The van der Waals surface area contributed by atoms with Gasteiger partial charge in [0.25, 0.3) is 0 Å². The lowest BCUT2D eigenvalue weighted by Crippen LogP contribution is -2.43. The van der Waals surface area contributed by atoms with E-state index in [0.717, 1.165) is 51.6 Å². The zero-order chi connectivity index (χ0) is 18.7. The van der Waals surface area contributed by atoms with Crippen LogP contribution in [0.4, 0.5) is 0 Å². The van der Waals surface area contributed by atoms with E-state index in [1.165, 1.54) is 6.92 Å². The summed E-state index contributed by atoms with van der Waals surface area (Å²) in [6, 6.07) is 0. The van der Waals surface area contributed by atoms with Gasteiger partial charge in [0, 0.05) is 20.0 Å². The van der Waals surface area contributed by atoms with Gasteiger partial charge in [-0.05, 0) is 62.6 Å². The smallest absolute Gasteiger partial charge is 0.302 e. The van der Waals surface area contributed by atoms with Crippen molar-refractivity contribution < 1.29 is 23.8 Å². The van der Waals surface area contributed by atoms with Crippen LogP contribution < -0.4 is 0 Å². The maximum atomic E-state index is 11.4. The fraction of sp³-hybridized carbons (Fsp3) is 0.947. The molecular formula is C19H36O5Si. The van der Waals surface area contributed by atoms with Crippen molar-refractivity contribution in [1.82, 2.24) is 0 Å². The SMILES string of the molecule is CC(=O)OC1C[C@H](CC(C)(C)[Si](C)(C)O)C[C@H](OC2CCCCO2)C1. The lowest BCUT2D eigenvalue weighted by atomic mass is 9.80. The molecule has 0 spiro atoms. The summed E-state index contributed by atoms with van der Waals surface area (Å²) in [6.07, 6.45) is 6.54. The number of carbonyl (C=O) groups is 1. The predicted octanol–water partition coefficient (Wildman–Crippen LogP) is 4.00. The van der Waals surface area contributed by atoms with E-state index in [-0.39, 0.29) is 29.5 Å². The van der Waals surface area contributed by atoms with Crippen molar-refractivity contribution in [2.24, 2.45) is 5.92 Å². The molecule has 2 fully saturated rings. The van der Waals surface area contributed by atoms with E-state index in [4.69, 9.17) is 14.2 Å². The largest absolute Gasteiger partial charge is 0.462 e. The lowest BCUT2D eigenvalue weighted by molar-refractivity contribution is -0.204. The number of ether oxygens (including phenoxy) is 3. The van der Waals surface area contributed by atoms with Crippen molar-refractivity contribution in [3.63, 3.8) is 0 Å². The third kappa shape index (κ3) is 6.34. The van der Waals surface area contributed by atoms with Gasteiger partial charge in [-0.25, -0.2) is 0 Å². The Labute approximate surface area is 153 Å². The molecule has 1 N–H and O–H groups in total. The Balaban J connectivity index is 2.01. The van der Waals surface area contributed by atoms with Crippen LogP contribution >= 0.6 is 0 Å². The molecule has 1 aliphatic carbocycles. The number of hydrogen-bond donors (Lipinski definition) is 1. The Morgan fingerprint density at radius 3 is 2.44 bits per heavy atom. The molecule has 0 amide bonds. The van der Waals surface area contributed by atoms with Gasteiger partial charge in [0.15, 0.2) is 14.6 Å². The number of esters is 1. The summed E-state index contributed by atoms with van der Waals surface area (Å²) < 4.78 is 17.5. The van der Waals surface area contributed by atoms with Crippen LogP contribution in [0.15, 0.2) is 0 Å². The topological polar surface area (TPSA) is 65.0 Å². The standard InChI is InChI=1S/C19H36O5Si/c1-14(20)23-16-10-15(13-19(2,3)25(4,5)21)11-17(12-16)24-18-8-6-7-9-22-18/h15-18,21H,6-13H2,1-5H3/t15-,16?,17-,18?/m0/s1. The first kappa shape index (κ1) is 20.9. The Morgan fingerprint density at radius 2 is 1.88 bits per heavy atom. The molecule has 2 rings (SSSR count). The number of rotatable bonds is 6. The van der Waals surface area contributed by atoms with E-state index in [2.05, 4.69) is 13.8 Å². The molecule has 1 heterocycles. The second-order valence-electron chi connectivity index (χ2n) is 9.01. The van der Waals surface area contributed by atoms with Gasteiger partial charge in [-0.15, -0.1) is 0 Å². The molecule has 4 atom stereocenters. The first-order chi connectivity index (χ1) is 11.6. The number of carbonyl (C=O) groups excluding carboxylic acids is 1. The van der Waals surface area contributed by atoms with Crippen molar-refractivity contribution in [2.75, 3.05) is 6.61 Å². The van der Waals surface area contributed by atoms with Gasteiger partial charge in [0.2, 0.25) is 0 Å². The molecule has 0 radical (unpaired) electrons. The van der Waals surface area contributed by atoms with Gasteiger partial charge in [0.1, 0.15) is 6.10 Å². The van der Waals surface area contributed by atoms with Crippen LogP contribution in [0.5, 0.6) is 0 Å². The van der Waals surface area contributed by atoms with Crippen molar-refractivity contribution >= 4 is 14.3 Å². The zero-order valence-corrected chi connectivity index (χ0v) is 17.5. The number of hydrogen-bond acceptors (Lipinski definition) is 5. The Kier molecular flexibility index (Phi) is 7.10. The van der Waals surface area contributed by atoms with Crippen LogP contribution in [-0.4, -0.2) is 44.2 Å². The molecule has 0 aromatic heterocycles. The zero-order valence-electron chi connectivity index (χ0n) is 16.5. The summed E-state index contributed by atoms with van der Waals surface area (Å²) >= 11 is 0. The highest BCUT2D eigenvalue weighted by molar-refractivity contribution is 6.72. The van der Waals surface area contributed by atoms with Crippen LogP contribution in [0, 0.1) is 5.92 Å². The van der Waals surface area contributed by atoms with E-state index in [0.29, 0.717) is 5.92 Å².